The molecule has 1 unspecified atom stereocenters. The highest BCUT2D eigenvalue weighted by atomic mass is 35.5. The molecule has 0 spiro atoms. The Morgan fingerprint density at radius 2 is 1.56 bits per heavy atom. The van der Waals surface area contributed by atoms with E-state index in [9.17, 15) is 22.4 Å². The summed E-state index contributed by atoms with van der Waals surface area (Å²) in [7, 11) is -1.68. The Morgan fingerprint density at radius 1 is 0.930 bits per heavy atom. The number of anilines is 1. The number of benzene rings is 3. The van der Waals surface area contributed by atoms with Crippen molar-refractivity contribution < 1.29 is 22.4 Å². The van der Waals surface area contributed by atoms with Gasteiger partial charge in [-0.05, 0) is 42.2 Å². The zero-order chi connectivity index (χ0) is 31.0. The van der Waals surface area contributed by atoms with Gasteiger partial charge in [0.05, 0.1) is 5.69 Å². The van der Waals surface area contributed by atoms with Crippen molar-refractivity contribution in [3.05, 3.63) is 101 Å². The van der Waals surface area contributed by atoms with Crippen molar-refractivity contribution in [2.24, 2.45) is 0 Å². The molecule has 0 aromatic heterocycles. The van der Waals surface area contributed by atoms with Crippen molar-refractivity contribution in [1.29, 1.82) is 0 Å². The second-order valence-corrected chi connectivity index (χ2v) is 13.4. The molecule has 0 heterocycles. The predicted octanol–water partition coefficient (Wildman–Crippen LogP) is 5.18. The monoisotopic (exact) mass is 628 g/mol. The number of para-hydroxylation sites is 1. The summed E-state index contributed by atoms with van der Waals surface area (Å²) in [4.78, 5) is 29.7. The molecule has 0 radical (unpaired) electrons. The highest BCUT2D eigenvalue weighted by molar-refractivity contribution is 7.90. The highest BCUT2D eigenvalue weighted by Gasteiger charge is 2.36. The molecule has 0 aliphatic heterocycles. The minimum absolute atomic E-state index is 0.0131. The van der Waals surface area contributed by atoms with Crippen LogP contribution in [-0.2, 0) is 32.8 Å². The Morgan fingerprint density at radius 3 is 2.21 bits per heavy atom. The summed E-state index contributed by atoms with van der Waals surface area (Å²) in [5.74, 6) is -1.80. The van der Waals surface area contributed by atoms with Crippen LogP contribution in [0.1, 0.15) is 43.2 Å². The maximum atomic E-state index is 15.0. The van der Waals surface area contributed by atoms with Crippen LogP contribution in [-0.4, -0.2) is 62.2 Å². The van der Waals surface area contributed by atoms with Crippen molar-refractivity contribution in [2.75, 3.05) is 24.9 Å². The maximum absolute atomic E-state index is 15.0. The maximum Gasteiger partial charge on any atom is 0.304 e. The van der Waals surface area contributed by atoms with Gasteiger partial charge >= 0.3 is 10.2 Å². The third-order valence-electron chi connectivity index (χ3n) is 7.66. The molecular formula is C32H38ClFN4O4S. The molecule has 3 aromatic carbocycles. The van der Waals surface area contributed by atoms with Crippen LogP contribution in [0.15, 0.2) is 78.9 Å². The van der Waals surface area contributed by atoms with Crippen LogP contribution in [0, 0.1) is 5.82 Å². The quantitative estimate of drug-likeness (QED) is 0.299. The van der Waals surface area contributed by atoms with Gasteiger partial charge in [0.15, 0.2) is 0 Å². The number of rotatable bonds is 12. The van der Waals surface area contributed by atoms with Crippen LogP contribution < -0.4 is 9.62 Å². The summed E-state index contributed by atoms with van der Waals surface area (Å²) in [5.41, 5.74) is 1.15. The topological polar surface area (TPSA) is 90.0 Å². The molecule has 1 aliphatic rings. The summed E-state index contributed by atoms with van der Waals surface area (Å²) < 4.78 is 43.5. The molecule has 3 aromatic rings. The van der Waals surface area contributed by atoms with E-state index in [1.807, 2.05) is 30.3 Å². The predicted molar refractivity (Wildman–Crippen MR) is 167 cm³/mol. The minimum atomic E-state index is -4.30. The molecule has 43 heavy (non-hydrogen) atoms. The fourth-order valence-electron chi connectivity index (χ4n) is 5.26. The third-order valence-corrected chi connectivity index (χ3v) is 9.84. The fourth-order valence-corrected chi connectivity index (χ4v) is 6.52. The standard InChI is InChI=1S/C32H38ClFN4O4S/c1-36(2)43(41,42)38(29-20-12-11-19-28(29)34)23-31(39)37(22-25-15-9-10-18-27(25)33)30(21-24-13-5-3-6-14-24)32(40)35-26-16-7-4-8-17-26/h3,5-6,9-15,18-20,26,30H,4,7-8,16-17,21-23H2,1-2H3,(H,35,40). The Kier molecular flexibility index (Phi) is 11.2. The molecule has 2 amide bonds. The van der Waals surface area contributed by atoms with Gasteiger partial charge in [-0.3, -0.25) is 9.59 Å². The number of hydrogen-bond acceptors (Lipinski definition) is 4. The van der Waals surface area contributed by atoms with E-state index in [4.69, 9.17) is 11.6 Å². The van der Waals surface area contributed by atoms with Gasteiger partial charge in [0.2, 0.25) is 11.8 Å². The SMILES string of the molecule is CN(C)S(=O)(=O)N(CC(=O)N(Cc1ccccc1Cl)C(Cc1ccccc1)C(=O)NC1CCCCC1)c1ccccc1F. The van der Waals surface area contributed by atoms with Gasteiger partial charge in [0, 0.05) is 38.1 Å². The zero-order valence-corrected chi connectivity index (χ0v) is 26.0. The van der Waals surface area contributed by atoms with Gasteiger partial charge in [-0.25, -0.2) is 8.70 Å². The van der Waals surface area contributed by atoms with Crippen LogP contribution >= 0.6 is 11.6 Å². The molecular weight excluding hydrogens is 591 g/mol. The molecule has 8 nitrogen and oxygen atoms in total. The molecule has 1 fully saturated rings. The Balaban J connectivity index is 1.77. The van der Waals surface area contributed by atoms with Crippen LogP contribution in [0.3, 0.4) is 0 Å². The van der Waals surface area contributed by atoms with E-state index >= 15 is 0 Å². The van der Waals surface area contributed by atoms with E-state index in [-0.39, 0.29) is 30.6 Å². The smallest absolute Gasteiger partial charge is 0.304 e. The normalized spacial score (nSPS) is 14.7. The van der Waals surface area contributed by atoms with Gasteiger partial charge in [0.1, 0.15) is 18.4 Å². The van der Waals surface area contributed by atoms with Gasteiger partial charge in [-0.2, -0.15) is 12.7 Å². The van der Waals surface area contributed by atoms with Crippen molar-refractivity contribution in [3.63, 3.8) is 0 Å². The minimum Gasteiger partial charge on any atom is -0.352 e. The number of halogens is 2. The number of nitrogens with one attached hydrogen (secondary N) is 1. The average molecular weight is 629 g/mol. The first-order valence-electron chi connectivity index (χ1n) is 14.4. The number of hydrogen-bond donors (Lipinski definition) is 1. The lowest BCUT2D eigenvalue weighted by Gasteiger charge is -2.35. The lowest BCUT2D eigenvalue weighted by Crippen LogP contribution is -2.55. The number of carbonyl (C=O) groups is 2. The van der Waals surface area contributed by atoms with E-state index in [0.29, 0.717) is 10.6 Å². The van der Waals surface area contributed by atoms with Gasteiger partial charge in [0.25, 0.3) is 0 Å². The van der Waals surface area contributed by atoms with E-state index in [2.05, 4.69) is 5.32 Å². The summed E-state index contributed by atoms with van der Waals surface area (Å²) in [6.07, 6.45) is 5.03. The van der Waals surface area contributed by atoms with Gasteiger partial charge < -0.3 is 10.2 Å². The lowest BCUT2D eigenvalue weighted by atomic mass is 9.94. The molecule has 1 saturated carbocycles. The van der Waals surface area contributed by atoms with Crippen LogP contribution in [0.2, 0.25) is 5.02 Å². The molecule has 0 bridgehead atoms. The van der Waals surface area contributed by atoms with Gasteiger partial charge in [-0.1, -0.05) is 91.5 Å². The van der Waals surface area contributed by atoms with E-state index in [0.717, 1.165) is 52.3 Å². The van der Waals surface area contributed by atoms with Crippen LogP contribution in [0.25, 0.3) is 0 Å². The van der Waals surface area contributed by atoms with Crippen molar-refractivity contribution in [2.45, 2.75) is 57.2 Å². The largest absolute Gasteiger partial charge is 0.352 e. The van der Waals surface area contributed by atoms with E-state index in [1.54, 1.807) is 24.3 Å². The molecule has 1 N–H and O–H groups in total. The van der Waals surface area contributed by atoms with E-state index in [1.165, 1.54) is 37.2 Å². The zero-order valence-electron chi connectivity index (χ0n) is 24.5. The Hall–Kier alpha value is -3.47. The van der Waals surface area contributed by atoms with Crippen molar-refractivity contribution >= 4 is 39.3 Å². The molecule has 230 valence electrons. The molecule has 4 rings (SSSR count). The van der Waals surface area contributed by atoms with Crippen molar-refractivity contribution in [3.8, 4) is 0 Å². The first kappa shape index (κ1) is 32.4. The summed E-state index contributed by atoms with van der Waals surface area (Å²) in [6.45, 7) is -0.783. The molecule has 1 atom stereocenters. The third kappa shape index (κ3) is 8.34. The molecule has 11 heteroatoms. The number of amides is 2. The van der Waals surface area contributed by atoms with Crippen LogP contribution in [0.4, 0.5) is 10.1 Å². The summed E-state index contributed by atoms with van der Waals surface area (Å²) >= 11 is 6.51. The first-order valence-corrected chi connectivity index (χ1v) is 16.2. The Bertz CT molecular complexity index is 1500. The second-order valence-electron chi connectivity index (χ2n) is 10.9. The highest BCUT2D eigenvalue weighted by Crippen LogP contribution is 2.26. The molecule has 1 aliphatic carbocycles. The van der Waals surface area contributed by atoms with Gasteiger partial charge in [-0.15, -0.1) is 0 Å². The van der Waals surface area contributed by atoms with Crippen LogP contribution in [0.5, 0.6) is 0 Å². The summed E-state index contributed by atoms with van der Waals surface area (Å²) in [5, 5.41) is 3.55. The van der Waals surface area contributed by atoms with E-state index < -0.39 is 34.5 Å². The number of nitrogens with zero attached hydrogens (tertiary/aromatic N) is 3. The number of carbonyl (C=O) groups excluding carboxylic acids is 2. The first-order chi connectivity index (χ1) is 20.6. The second kappa shape index (κ2) is 14.8. The summed E-state index contributed by atoms with van der Waals surface area (Å²) in [6, 6.07) is 20.7. The average Bonchev–Trinajstić information content (AvgIpc) is 2.99. The molecule has 0 saturated heterocycles. The Labute approximate surface area is 258 Å². The van der Waals surface area contributed by atoms with Crippen molar-refractivity contribution in [1.82, 2.24) is 14.5 Å². The fraction of sp³-hybridized carbons (Fsp3) is 0.375. The lowest BCUT2D eigenvalue weighted by molar-refractivity contribution is -0.140.